The average molecular weight is 673 g/mol. The van der Waals surface area contributed by atoms with Gasteiger partial charge < -0.3 is 4.57 Å². The van der Waals surface area contributed by atoms with Gasteiger partial charge in [-0.05, 0) is 81.9 Å². The van der Waals surface area contributed by atoms with Crippen LogP contribution in [-0.2, 0) is 0 Å². The summed E-state index contributed by atoms with van der Waals surface area (Å²) < 4.78 is 2.29. The lowest BCUT2D eigenvalue weighted by atomic mass is 9.90. The highest BCUT2D eigenvalue weighted by Crippen LogP contribution is 2.43. The van der Waals surface area contributed by atoms with Gasteiger partial charge in [0.05, 0.1) is 39.4 Å². The maximum Gasteiger partial charge on any atom is 0.0991 e. The van der Waals surface area contributed by atoms with E-state index in [2.05, 4.69) is 150 Å². The highest BCUT2D eigenvalue weighted by molar-refractivity contribution is 6.29. The second-order valence-electron chi connectivity index (χ2n) is 13.7. The van der Waals surface area contributed by atoms with Crippen molar-refractivity contribution in [1.29, 1.82) is 5.26 Å². The zero-order chi connectivity index (χ0) is 35.0. The summed E-state index contributed by atoms with van der Waals surface area (Å²) in [4.78, 5) is 10.3. The maximum absolute atomic E-state index is 9.82. The van der Waals surface area contributed by atoms with Crippen LogP contribution in [0.2, 0.25) is 0 Å². The number of benzene rings is 8. The Labute approximate surface area is 304 Å². The summed E-state index contributed by atoms with van der Waals surface area (Å²) in [5.74, 6) is 0. The molecule has 3 heterocycles. The number of fused-ring (bicyclic) bond motifs is 11. The van der Waals surface area contributed by atoms with E-state index in [9.17, 15) is 5.26 Å². The molecule has 0 radical (unpaired) electrons. The summed E-state index contributed by atoms with van der Waals surface area (Å²) in [6.07, 6.45) is 1.89. The molecule has 0 spiro atoms. The van der Waals surface area contributed by atoms with Gasteiger partial charge in [-0.15, -0.1) is 0 Å². The Kier molecular flexibility index (Phi) is 6.28. The van der Waals surface area contributed by atoms with Crippen LogP contribution < -0.4 is 0 Å². The van der Waals surface area contributed by atoms with E-state index in [-0.39, 0.29) is 0 Å². The minimum atomic E-state index is 0.650. The molecule has 0 amide bonds. The molecule has 0 fully saturated rings. The van der Waals surface area contributed by atoms with Gasteiger partial charge in [0.15, 0.2) is 0 Å². The fourth-order valence-electron chi connectivity index (χ4n) is 8.47. The van der Waals surface area contributed by atoms with Gasteiger partial charge in [-0.3, -0.25) is 4.98 Å². The minimum Gasteiger partial charge on any atom is -0.309 e. The van der Waals surface area contributed by atoms with E-state index in [1.807, 2.05) is 30.5 Å². The van der Waals surface area contributed by atoms with Crippen molar-refractivity contribution >= 4 is 75.9 Å². The van der Waals surface area contributed by atoms with Gasteiger partial charge in [0.2, 0.25) is 0 Å². The van der Waals surface area contributed by atoms with Crippen LogP contribution in [0.1, 0.15) is 5.56 Å². The van der Waals surface area contributed by atoms with Crippen LogP contribution in [0, 0.1) is 11.3 Å². The first-order chi connectivity index (χ1) is 26.2. The third-order valence-corrected chi connectivity index (χ3v) is 10.8. The summed E-state index contributed by atoms with van der Waals surface area (Å²) >= 11 is 0. The Morgan fingerprint density at radius 3 is 2.04 bits per heavy atom. The number of aromatic nitrogens is 3. The van der Waals surface area contributed by atoms with E-state index in [1.54, 1.807) is 0 Å². The largest absolute Gasteiger partial charge is 0.309 e. The van der Waals surface area contributed by atoms with E-state index in [0.717, 1.165) is 98.6 Å². The number of hydrogen-bond acceptors (Lipinski definition) is 3. The molecule has 0 N–H and O–H groups in total. The smallest absolute Gasteiger partial charge is 0.0991 e. The van der Waals surface area contributed by atoms with E-state index < -0.39 is 0 Å². The van der Waals surface area contributed by atoms with Gasteiger partial charge in [-0.2, -0.15) is 5.26 Å². The van der Waals surface area contributed by atoms with Crippen LogP contribution >= 0.6 is 0 Å². The molecular formula is C49H28N4. The summed E-state index contributed by atoms with van der Waals surface area (Å²) in [5, 5.41) is 21.1. The lowest BCUT2D eigenvalue weighted by Crippen LogP contribution is -1.94. The normalized spacial score (nSPS) is 11.8. The fraction of sp³-hybridized carbons (Fsp3) is 0. The van der Waals surface area contributed by atoms with Gasteiger partial charge >= 0.3 is 0 Å². The quantitative estimate of drug-likeness (QED) is 0.176. The molecule has 11 rings (SSSR count). The molecule has 0 aliphatic carbocycles. The predicted octanol–water partition coefficient (Wildman–Crippen LogP) is 12.5. The highest BCUT2D eigenvalue weighted by Gasteiger charge is 2.19. The van der Waals surface area contributed by atoms with Crippen molar-refractivity contribution in [1.82, 2.24) is 14.5 Å². The molecule has 0 bridgehead atoms. The van der Waals surface area contributed by atoms with Crippen LogP contribution in [0.15, 0.2) is 170 Å². The molecule has 0 aliphatic rings. The first-order valence-corrected chi connectivity index (χ1v) is 17.8. The lowest BCUT2D eigenvalue weighted by Gasteiger charge is -2.16. The first kappa shape index (κ1) is 29.4. The molecule has 0 unspecified atom stereocenters. The molecular weight excluding hydrogens is 645 g/mol. The third kappa shape index (κ3) is 4.35. The standard InChI is InChI=1S/C49H28N4/c50-29-30-16-24-44-41(27-30)42-28-33(20-25-45(42)53(44)34-10-2-1-3-11-34)35-22-23-38(37-13-5-4-12-36(35)37)49-40-21-19-31-17-18-32-9-8-26-51-48(32)46(31)47(40)39-14-6-7-15-43(39)52-49/h1-28H. The second-order valence-corrected chi connectivity index (χ2v) is 13.7. The van der Waals surface area contributed by atoms with E-state index in [1.165, 1.54) is 5.39 Å². The van der Waals surface area contributed by atoms with E-state index >= 15 is 0 Å². The van der Waals surface area contributed by atoms with E-state index in [0.29, 0.717) is 5.56 Å². The molecule has 53 heavy (non-hydrogen) atoms. The summed E-state index contributed by atoms with van der Waals surface area (Å²) in [7, 11) is 0. The Morgan fingerprint density at radius 1 is 0.491 bits per heavy atom. The van der Waals surface area contributed by atoms with Crippen molar-refractivity contribution in [2.75, 3.05) is 0 Å². The Bertz CT molecular complexity index is 3350. The number of hydrogen-bond donors (Lipinski definition) is 0. The van der Waals surface area contributed by atoms with Gasteiger partial charge in [0.25, 0.3) is 0 Å². The monoisotopic (exact) mass is 672 g/mol. The van der Waals surface area contributed by atoms with Crippen LogP contribution in [0.25, 0.3) is 104 Å². The van der Waals surface area contributed by atoms with Gasteiger partial charge in [0, 0.05) is 55.2 Å². The second kappa shape index (κ2) is 11.3. The molecule has 0 saturated carbocycles. The molecule has 0 aliphatic heterocycles. The average Bonchev–Trinajstić information content (AvgIpc) is 3.55. The summed E-state index contributed by atoms with van der Waals surface area (Å²) in [5.41, 5.74) is 10.2. The molecule has 0 atom stereocenters. The first-order valence-electron chi connectivity index (χ1n) is 17.8. The highest BCUT2D eigenvalue weighted by atomic mass is 15.0. The molecule has 4 nitrogen and oxygen atoms in total. The topological polar surface area (TPSA) is 54.5 Å². The van der Waals surface area contributed by atoms with Crippen LogP contribution in [0.3, 0.4) is 0 Å². The fourth-order valence-corrected chi connectivity index (χ4v) is 8.47. The molecule has 3 aromatic heterocycles. The number of pyridine rings is 2. The number of para-hydroxylation sites is 2. The van der Waals surface area contributed by atoms with Gasteiger partial charge in [-0.1, -0.05) is 109 Å². The number of rotatable bonds is 3. The molecule has 0 saturated heterocycles. The van der Waals surface area contributed by atoms with Crippen molar-refractivity contribution in [3.63, 3.8) is 0 Å². The third-order valence-electron chi connectivity index (χ3n) is 10.8. The lowest BCUT2D eigenvalue weighted by molar-refractivity contribution is 1.18. The molecule has 4 heteroatoms. The minimum absolute atomic E-state index is 0.650. The van der Waals surface area contributed by atoms with Crippen LogP contribution in [0.4, 0.5) is 0 Å². The van der Waals surface area contributed by atoms with Crippen molar-refractivity contribution in [2.45, 2.75) is 0 Å². The Balaban J connectivity index is 1.18. The molecule has 244 valence electrons. The zero-order valence-corrected chi connectivity index (χ0v) is 28.5. The summed E-state index contributed by atoms with van der Waals surface area (Å²) in [6, 6.07) is 60.0. The van der Waals surface area contributed by atoms with Crippen molar-refractivity contribution in [3.05, 3.63) is 176 Å². The zero-order valence-electron chi connectivity index (χ0n) is 28.5. The number of nitrogens with zero attached hydrogens (tertiary/aromatic N) is 4. The van der Waals surface area contributed by atoms with Crippen molar-refractivity contribution in [2.24, 2.45) is 0 Å². The van der Waals surface area contributed by atoms with Gasteiger partial charge in [-0.25, -0.2) is 4.98 Å². The SMILES string of the molecule is N#Cc1ccc2c(c1)c1cc(-c3ccc(-c4nc5ccccc5c5c4ccc4ccc6cccnc6c45)c4ccccc34)ccc1n2-c1ccccc1. The molecule has 8 aromatic carbocycles. The van der Waals surface area contributed by atoms with E-state index in [4.69, 9.17) is 9.97 Å². The summed E-state index contributed by atoms with van der Waals surface area (Å²) in [6.45, 7) is 0. The van der Waals surface area contributed by atoms with Crippen molar-refractivity contribution in [3.8, 4) is 34.1 Å². The van der Waals surface area contributed by atoms with Crippen LogP contribution in [0.5, 0.6) is 0 Å². The predicted molar refractivity (Wildman–Crippen MR) is 219 cm³/mol. The number of nitriles is 1. The van der Waals surface area contributed by atoms with Gasteiger partial charge in [0.1, 0.15) is 0 Å². The Morgan fingerprint density at radius 2 is 1.19 bits per heavy atom. The molecule has 11 aromatic rings. The van der Waals surface area contributed by atoms with Crippen LogP contribution in [-0.4, -0.2) is 14.5 Å². The maximum atomic E-state index is 9.82. The Hall–Kier alpha value is -7.35. The van der Waals surface area contributed by atoms with Crippen molar-refractivity contribution < 1.29 is 0 Å².